The van der Waals surface area contributed by atoms with Gasteiger partial charge in [0.2, 0.25) is 0 Å². The van der Waals surface area contributed by atoms with Crippen LogP contribution in [0, 0.1) is 12.8 Å². The summed E-state index contributed by atoms with van der Waals surface area (Å²) in [7, 11) is 0. The smallest absolute Gasteiger partial charge is 0.317 e. The second-order valence-electron chi connectivity index (χ2n) is 7.21. The Morgan fingerprint density at radius 2 is 2.22 bits per heavy atom. The Kier molecular flexibility index (Phi) is 5.20. The van der Waals surface area contributed by atoms with Crippen molar-refractivity contribution in [2.45, 2.75) is 45.6 Å². The number of nitrogens with zero attached hydrogens (tertiary/aromatic N) is 3. The zero-order chi connectivity index (χ0) is 16.2. The average Bonchev–Trinajstić information content (AvgIpc) is 3.22. The first-order chi connectivity index (χ1) is 11.1. The molecule has 0 spiro atoms. The molecule has 0 aromatic carbocycles. The highest BCUT2D eigenvalue weighted by molar-refractivity contribution is 5.74. The van der Waals surface area contributed by atoms with Crippen molar-refractivity contribution in [2.75, 3.05) is 32.7 Å². The van der Waals surface area contributed by atoms with Crippen LogP contribution in [0.3, 0.4) is 0 Å². The molecular weight excluding hydrogens is 290 g/mol. The van der Waals surface area contributed by atoms with E-state index in [1.807, 2.05) is 24.8 Å². The lowest BCUT2D eigenvalue weighted by atomic mass is 10.1. The van der Waals surface area contributed by atoms with Crippen LogP contribution in [0.25, 0.3) is 0 Å². The third-order valence-electron chi connectivity index (χ3n) is 4.93. The molecule has 3 heterocycles. The Balaban J connectivity index is 1.41. The number of rotatable bonds is 5. The second kappa shape index (κ2) is 7.34. The van der Waals surface area contributed by atoms with E-state index >= 15 is 0 Å². The standard InChI is InChI=1S/C17H29N5O/c1-13(9-16-10-14(2)19-20-16)18-17(23)22-8-5-15(12-22)11-21-6-3-4-7-21/h10,13,15H,3-9,11-12H2,1-2H3,(H,18,23)(H,19,20). The van der Waals surface area contributed by atoms with Crippen LogP contribution in [0.2, 0.25) is 0 Å². The lowest BCUT2D eigenvalue weighted by molar-refractivity contribution is 0.201. The van der Waals surface area contributed by atoms with Crippen molar-refractivity contribution in [2.24, 2.45) is 5.92 Å². The second-order valence-corrected chi connectivity index (χ2v) is 7.21. The van der Waals surface area contributed by atoms with Gasteiger partial charge in [-0.2, -0.15) is 5.10 Å². The Labute approximate surface area is 138 Å². The number of H-pyrrole nitrogens is 1. The van der Waals surface area contributed by atoms with Gasteiger partial charge < -0.3 is 15.1 Å². The summed E-state index contributed by atoms with van der Waals surface area (Å²) in [5.74, 6) is 0.642. The molecule has 2 N–H and O–H groups in total. The van der Waals surface area contributed by atoms with Crippen molar-refractivity contribution >= 4 is 6.03 Å². The summed E-state index contributed by atoms with van der Waals surface area (Å²) in [5.41, 5.74) is 2.06. The number of hydrogen-bond donors (Lipinski definition) is 2. The van der Waals surface area contributed by atoms with E-state index in [2.05, 4.69) is 20.4 Å². The summed E-state index contributed by atoms with van der Waals surface area (Å²) in [6.45, 7) is 9.46. The number of amides is 2. The molecular formula is C17H29N5O. The summed E-state index contributed by atoms with van der Waals surface area (Å²) >= 11 is 0. The predicted octanol–water partition coefficient (Wildman–Crippen LogP) is 1.78. The van der Waals surface area contributed by atoms with Crippen molar-refractivity contribution in [1.82, 2.24) is 25.3 Å². The monoisotopic (exact) mass is 319 g/mol. The number of urea groups is 1. The molecule has 1 aromatic heterocycles. The molecule has 0 saturated carbocycles. The van der Waals surface area contributed by atoms with Gasteiger partial charge in [-0.15, -0.1) is 0 Å². The van der Waals surface area contributed by atoms with Crippen LogP contribution in [-0.4, -0.2) is 64.8 Å². The Morgan fingerprint density at radius 1 is 1.43 bits per heavy atom. The van der Waals surface area contributed by atoms with E-state index in [9.17, 15) is 4.79 Å². The minimum Gasteiger partial charge on any atom is -0.335 e. The van der Waals surface area contributed by atoms with Crippen LogP contribution < -0.4 is 5.32 Å². The van der Waals surface area contributed by atoms with Crippen molar-refractivity contribution in [1.29, 1.82) is 0 Å². The molecule has 128 valence electrons. The molecule has 6 nitrogen and oxygen atoms in total. The summed E-state index contributed by atoms with van der Waals surface area (Å²) in [4.78, 5) is 16.9. The van der Waals surface area contributed by atoms with E-state index in [0.717, 1.165) is 43.9 Å². The van der Waals surface area contributed by atoms with Gasteiger partial charge in [-0.3, -0.25) is 5.10 Å². The van der Waals surface area contributed by atoms with Gasteiger partial charge in [0.25, 0.3) is 0 Å². The van der Waals surface area contributed by atoms with E-state index in [0.29, 0.717) is 5.92 Å². The van der Waals surface area contributed by atoms with Crippen LogP contribution in [0.15, 0.2) is 6.07 Å². The molecule has 6 heteroatoms. The van der Waals surface area contributed by atoms with E-state index in [-0.39, 0.29) is 12.1 Å². The number of nitrogens with one attached hydrogen (secondary N) is 2. The minimum atomic E-state index is 0.0775. The lowest BCUT2D eigenvalue weighted by Crippen LogP contribution is -2.44. The lowest BCUT2D eigenvalue weighted by Gasteiger charge is -2.22. The van der Waals surface area contributed by atoms with E-state index < -0.39 is 0 Å². The summed E-state index contributed by atoms with van der Waals surface area (Å²) < 4.78 is 0. The fraction of sp³-hybridized carbons (Fsp3) is 0.765. The van der Waals surface area contributed by atoms with Gasteiger partial charge in [-0.25, -0.2) is 4.79 Å². The number of carbonyl (C=O) groups excluding carboxylic acids is 1. The van der Waals surface area contributed by atoms with Crippen molar-refractivity contribution in [3.63, 3.8) is 0 Å². The molecule has 2 fully saturated rings. The first-order valence-corrected chi connectivity index (χ1v) is 8.89. The van der Waals surface area contributed by atoms with Gasteiger partial charge in [-0.05, 0) is 58.2 Å². The molecule has 2 aliphatic rings. The van der Waals surface area contributed by atoms with Crippen LogP contribution >= 0.6 is 0 Å². The van der Waals surface area contributed by atoms with E-state index in [4.69, 9.17) is 0 Å². The zero-order valence-electron chi connectivity index (χ0n) is 14.3. The molecule has 0 bridgehead atoms. The molecule has 2 unspecified atom stereocenters. The maximum Gasteiger partial charge on any atom is 0.317 e. The third-order valence-corrected chi connectivity index (χ3v) is 4.93. The molecule has 0 radical (unpaired) electrons. The third kappa shape index (κ3) is 4.47. The maximum absolute atomic E-state index is 12.4. The van der Waals surface area contributed by atoms with Gasteiger partial charge in [-0.1, -0.05) is 0 Å². The van der Waals surface area contributed by atoms with Crippen molar-refractivity contribution < 1.29 is 4.79 Å². The quantitative estimate of drug-likeness (QED) is 0.869. The Bertz CT molecular complexity index is 523. The van der Waals surface area contributed by atoms with Crippen LogP contribution in [0.1, 0.15) is 37.6 Å². The molecule has 2 atom stereocenters. The zero-order valence-corrected chi connectivity index (χ0v) is 14.3. The average molecular weight is 319 g/mol. The summed E-state index contributed by atoms with van der Waals surface area (Å²) in [6.07, 6.45) is 4.57. The Hall–Kier alpha value is -1.56. The predicted molar refractivity (Wildman–Crippen MR) is 90.4 cm³/mol. The largest absolute Gasteiger partial charge is 0.335 e. The molecule has 0 aliphatic carbocycles. The summed E-state index contributed by atoms with van der Waals surface area (Å²) in [6, 6.07) is 2.21. The first-order valence-electron chi connectivity index (χ1n) is 8.89. The highest BCUT2D eigenvalue weighted by atomic mass is 16.2. The van der Waals surface area contributed by atoms with Gasteiger partial charge in [0.05, 0.1) is 5.69 Å². The van der Waals surface area contributed by atoms with Crippen molar-refractivity contribution in [3.8, 4) is 0 Å². The number of likely N-dealkylation sites (tertiary alicyclic amines) is 2. The maximum atomic E-state index is 12.4. The summed E-state index contributed by atoms with van der Waals surface area (Å²) in [5, 5.41) is 10.3. The molecule has 23 heavy (non-hydrogen) atoms. The van der Waals surface area contributed by atoms with Gasteiger partial charge >= 0.3 is 6.03 Å². The van der Waals surface area contributed by atoms with E-state index in [1.165, 1.54) is 25.9 Å². The first kappa shape index (κ1) is 16.3. The van der Waals surface area contributed by atoms with Gasteiger partial charge in [0.1, 0.15) is 0 Å². The van der Waals surface area contributed by atoms with Gasteiger partial charge in [0.15, 0.2) is 0 Å². The normalized spacial score (nSPS) is 23.4. The number of aromatic amines is 1. The van der Waals surface area contributed by atoms with Crippen molar-refractivity contribution in [3.05, 3.63) is 17.5 Å². The van der Waals surface area contributed by atoms with Gasteiger partial charge in [0, 0.05) is 37.8 Å². The molecule has 2 amide bonds. The molecule has 2 aliphatic heterocycles. The molecule has 2 saturated heterocycles. The fourth-order valence-electron chi connectivity index (χ4n) is 3.74. The van der Waals surface area contributed by atoms with E-state index in [1.54, 1.807) is 0 Å². The minimum absolute atomic E-state index is 0.0775. The van der Waals surface area contributed by atoms with Crippen LogP contribution in [0.5, 0.6) is 0 Å². The highest BCUT2D eigenvalue weighted by Crippen LogP contribution is 2.20. The fourth-order valence-corrected chi connectivity index (χ4v) is 3.74. The highest BCUT2D eigenvalue weighted by Gasteiger charge is 2.28. The SMILES string of the molecule is Cc1cc(CC(C)NC(=O)N2CCC(CN3CCCC3)C2)n[nH]1. The number of aryl methyl sites for hydroxylation is 1. The Morgan fingerprint density at radius 3 is 2.91 bits per heavy atom. The number of aromatic nitrogens is 2. The number of hydrogen-bond acceptors (Lipinski definition) is 3. The molecule has 3 rings (SSSR count). The molecule has 1 aromatic rings. The topological polar surface area (TPSA) is 64.3 Å². The van der Waals surface area contributed by atoms with Crippen LogP contribution in [-0.2, 0) is 6.42 Å². The number of carbonyl (C=O) groups is 1. The van der Waals surface area contributed by atoms with Crippen LogP contribution in [0.4, 0.5) is 4.79 Å².